The summed E-state index contributed by atoms with van der Waals surface area (Å²) in [5.74, 6) is 0.768. The van der Waals surface area contributed by atoms with Crippen molar-refractivity contribution >= 4 is 71.8 Å². The summed E-state index contributed by atoms with van der Waals surface area (Å²) in [5, 5.41) is 7.97. The van der Waals surface area contributed by atoms with Crippen molar-refractivity contribution in [1.82, 2.24) is 14.5 Å². The van der Waals surface area contributed by atoms with Crippen molar-refractivity contribution in [2.45, 2.75) is 13.1 Å². The van der Waals surface area contributed by atoms with E-state index in [1.165, 1.54) is 57.9 Å². The lowest BCUT2D eigenvalue weighted by molar-refractivity contribution is 1.17. The lowest BCUT2D eigenvalue weighted by Crippen LogP contribution is -2.50. The summed E-state index contributed by atoms with van der Waals surface area (Å²) >= 11 is 1.87. The molecule has 4 heterocycles. The number of nitrogens with zero attached hydrogens (tertiary/aromatic N) is 3. The van der Waals surface area contributed by atoms with Gasteiger partial charge in [-0.15, -0.1) is 11.3 Å². The van der Waals surface area contributed by atoms with E-state index >= 15 is 0 Å². The maximum atomic E-state index is 5.33. The first-order valence-electron chi connectivity index (χ1n) is 16.1. The number of thiophene rings is 1. The normalized spacial score (nSPS) is 13.5. The molecule has 0 atom stereocenters. The smallest absolute Gasteiger partial charge is 0.160 e. The number of aromatic nitrogens is 3. The molecule has 0 amide bonds. The largest absolute Gasteiger partial charge is 0.309 e. The van der Waals surface area contributed by atoms with Crippen LogP contribution in [0, 0.1) is 0 Å². The molecule has 0 aliphatic carbocycles. The molecular weight excluding hydrogens is 607 g/mol. The third-order valence-corrected chi connectivity index (χ3v) is 14.6. The second-order valence-electron chi connectivity index (χ2n) is 13.0. The van der Waals surface area contributed by atoms with Crippen LogP contribution < -0.4 is 10.4 Å². The van der Waals surface area contributed by atoms with Crippen molar-refractivity contribution in [2.75, 3.05) is 0 Å². The first-order chi connectivity index (χ1) is 23.1. The van der Waals surface area contributed by atoms with Crippen LogP contribution in [0.5, 0.6) is 0 Å². The topological polar surface area (TPSA) is 30.7 Å². The quantitative estimate of drug-likeness (QED) is 0.181. The second-order valence-corrected chi connectivity index (χ2v) is 18.4. The van der Waals surface area contributed by atoms with Crippen LogP contribution in [0.4, 0.5) is 0 Å². The molecule has 0 radical (unpaired) electrons. The van der Waals surface area contributed by atoms with Gasteiger partial charge in [0.05, 0.1) is 22.4 Å². The Kier molecular flexibility index (Phi) is 5.60. The molecule has 0 N–H and O–H groups in total. The summed E-state index contributed by atoms with van der Waals surface area (Å²) in [6.45, 7) is 4.86. The molecule has 9 aromatic rings. The Bertz CT molecular complexity index is 2700. The number of benzene rings is 6. The van der Waals surface area contributed by atoms with Crippen molar-refractivity contribution in [3.8, 4) is 39.6 Å². The zero-order valence-corrected chi connectivity index (χ0v) is 27.8. The standard InChI is InChI=1S/C42H29N3SSi/c1-47(2)38-19-11-8-16-31(38)40-41(47)39(26-12-4-3-5-13-26)43-42(44-40)27-20-22-28(23-21-27)45-34-17-9-6-14-29(34)32-24-33-30-15-7-10-18-36(30)46-37(33)25-35(32)45/h3-25H,1-2H3. The molecule has 0 saturated heterocycles. The highest BCUT2D eigenvalue weighted by molar-refractivity contribution is 7.25. The molecule has 0 spiro atoms. The van der Waals surface area contributed by atoms with Crippen molar-refractivity contribution < 1.29 is 0 Å². The van der Waals surface area contributed by atoms with E-state index in [1.807, 2.05) is 11.3 Å². The van der Waals surface area contributed by atoms with E-state index in [0.29, 0.717) is 0 Å². The van der Waals surface area contributed by atoms with Gasteiger partial charge < -0.3 is 4.57 Å². The third kappa shape index (κ3) is 3.84. The zero-order valence-electron chi connectivity index (χ0n) is 26.0. The Hall–Kier alpha value is -5.36. The molecule has 0 fully saturated rings. The summed E-state index contributed by atoms with van der Waals surface area (Å²) in [6.07, 6.45) is 0. The number of rotatable bonds is 3. The van der Waals surface area contributed by atoms with Crippen LogP contribution in [0.25, 0.3) is 81.6 Å². The maximum Gasteiger partial charge on any atom is 0.160 e. The Morgan fingerprint density at radius 3 is 2.09 bits per heavy atom. The first kappa shape index (κ1) is 26.8. The Balaban J connectivity index is 1.16. The van der Waals surface area contributed by atoms with Gasteiger partial charge in [0.1, 0.15) is 8.07 Å². The molecule has 0 saturated carbocycles. The van der Waals surface area contributed by atoms with Crippen LogP contribution >= 0.6 is 11.3 Å². The van der Waals surface area contributed by atoms with Crippen LogP contribution in [-0.4, -0.2) is 22.6 Å². The number of hydrogen-bond acceptors (Lipinski definition) is 3. The molecule has 3 aromatic heterocycles. The summed E-state index contributed by atoms with van der Waals surface area (Å²) in [7, 11) is -1.99. The Labute approximate surface area is 277 Å². The van der Waals surface area contributed by atoms with E-state index in [2.05, 4.69) is 157 Å². The summed E-state index contributed by atoms with van der Waals surface area (Å²) in [6, 6.07) is 50.5. The summed E-state index contributed by atoms with van der Waals surface area (Å²) < 4.78 is 5.04. The predicted molar refractivity (Wildman–Crippen MR) is 202 cm³/mol. The van der Waals surface area contributed by atoms with E-state index in [9.17, 15) is 0 Å². The minimum atomic E-state index is -1.99. The average Bonchev–Trinajstić information content (AvgIpc) is 3.72. The minimum absolute atomic E-state index is 0.768. The highest BCUT2D eigenvalue weighted by Crippen LogP contribution is 2.41. The van der Waals surface area contributed by atoms with Crippen LogP contribution in [0.1, 0.15) is 0 Å². The van der Waals surface area contributed by atoms with Crippen molar-refractivity contribution in [3.05, 3.63) is 140 Å². The van der Waals surface area contributed by atoms with Crippen molar-refractivity contribution in [2.24, 2.45) is 0 Å². The lowest BCUT2D eigenvalue weighted by atomic mass is 10.1. The molecule has 3 nitrogen and oxygen atoms in total. The zero-order chi connectivity index (χ0) is 31.3. The number of para-hydroxylation sites is 1. The fraction of sp³-hybridized carbons (Fsp3) is 0.0476. The van der Waals surface area contributed by atoms with E-state index in [4.69, 9.17) is 9.97 Å². The SMILES string of the molecule is C[Si]1(C)c2ccccc2-c2nc(-c3ccc(-n4c5ccccc5c5cc6c(cc54)sc4ccccc46)cc3)nc(-c3ccccc3)c21. The molecule has 1 aliphatic rings. The molecule has 10 rings (SSSR count). The highest BCUT2D eigenvalue weighted by Gasteiger charge is 2.41. The van der Waals surface area contributed by atoms with Gasteiger partial charge in [-0.05, 0) is 64.5 Å². The molecule has 5 heteroatoms. The second kappa shape index (κ2) is 9.82. The van der Waals surface area contributed by atoms with Crippen LogP contribution in [0.3, 0.4) is 0 Å². The molecule has 222 valence electrons. The fourth-order valence-electron chi connectivity index (χ4n) is 7.78. The highest BCUT2D eigenvalue weighted by atomic mass is 32.1. The number of hydrogen-bond donors (Lipinski definition) is 0. The minimum Gasteiger partial charge on any atom is -0.309 e. The third-order valence-electron chi connectivity index (χ3n) is 9.99. The molecule has 0 bridgehead atoms. The maximum absolute atomic E-state index is 5.33. The monoisotopic (exact) mass is 635 g/mol. The summed E-state index contributed by atoms with van der Waals surface area (Å²) in [5.41, 5.74) is 9.15. The first-order valence-corrected chi connectivity index (χ1v) is 19.9. The molecule has 47 heavy (non-hydrogen) atoms. The van der Waals surface area contributed by atoms with Crippen molar-refractivity contribution in [1.29, 1.82) is 0 Å². The van der Waals surface area contributed by atoms with Gasteiger partial charge in [0, 0.05) is 47.8 Å². The van der Waals surface area contributed by atoms with Crippen LogP contribution in [0.15, 0.2) is 140 Å². The van der Waals surface area contributed by atoms with Crippen molar-refractivity contribution in [3.63, 3.8) is 0 Å². The van der Waals surface area contributed by atoms with Gasteiger partial charge in [-0.25, -0.2) is 9.97 Å². The van der Waals surface area contributed by atoms with Crippen LogP contribution in [0.2, 0.25) is 13.1 Å². The van der Waals surface area contributed by atoms with Gasteiger partial charge in [-0.2, -0.15) is 0 Å². The van der Waals surface area contributed by atoms with Crippen LogP contribution in [-0.2, 0) is 0 Å². The van der Waals surface area contributed by atoms with Gasteiger partial charge in [0.25, 0.3) is 0 Å². The summed E-state index contributed by atoms with van der Waals surface area (Å²) in [4.78, 5) is 10.6. The predicted octanol–water partition coefficient (Wildman–Crippen LogP) is 10.1. The Morgan fingerprint density at radius 1 is 0.532 bits per heavy atom. The van der Waals surface area contributed by atoms with E-state index in [-0.39, 0.29) is 0 Å². The molecule has 0 unspecified atom stereocenters. The van der Waals surface area contributed by atoms with Gasteiger partial charge in [-0.3, -0.25) is 0 Å². The molecular formula is C42H29N3SSi. The van der Waals surface area contributed by atoms with E-state index in [0.717, 1.165) is 34.0 Å². The fourth-order valence-corrected chi connectivity index (χ4v) is 12.1. The number of fused-ring (bicyclic) bond motifs is 9. The Morgan fingerprint density at radius 2 is 1.23 bits per heavy atom. The van der Waals surface area contributed by atoms with Gasteiger partial charge in [0.15, 0.2) is 5.82 Å². The van der Waals surface area contributed by atoms with Gasteiger partial charge >= 0.3 is 0 Å². The molecule has 6 aromatic carbocycles. The van der Waals surface area contributed by atoms with Gasteiger partial charge in [0.2, 0.25) is 0 Å². The van der Waals surface area contributed by atoms with E-state index in [1.54, 1.807) is 0 Å². The average molecular weight is 636 g/mol. The molecule has 1 aliphatic heterocycles. The lowest BCUT2D eigenvalue weighted by Gasteiger charge is -2.21. The van der Waals surface area contributed by atoms with Gasteiger partial charge in [-0.1, -0.05) is 104 Å². The van der Waals surface area contributed by atoms with E-state index < -0.39 is 8.07 Å².